The minimum Gasteiger partial charge on any atom is -0.271 e. The predicted molar refractivity (Wildman–Crippen MR) is 64.3 cm³/mol. The van der Waals surface area contributed by atoms with Gasteiger partial charge in [-0.1, -0.05) is 17.7 Å². The van der Waals surface area contributed by atoms with Gasteiger partial charge in [-0.15, -0.1) is 11.8 Å². The Morgan fingerprint density at radius 2 is 2.31 bits per heavy atom. The Balaban J connectivity index is 2.80. The average molecular weight is 241 g/mol. The summed E-state index contributed by atoms with van der Waals surface area (Å²) in [6.07, 6.45) is 0.994. The number of nitrogens with two attached hydrogens (primary N) is 1. The summed E-state index contributed by atoms with van der Waals surface area (Å²) in [4.78, 5) is 0. The van der Waals surface area contributed by atoms with E-state index in [0.717, 1.165) is 0 Å². The minimum absolute atomic E-state index is 0.0955. The van der Waals surface area contributed by atoms with Crippen LogP contribution in [0.5, 0.6) is 0 Å². The molecule has 2 nitrogen and oxygen atoms in total. The Bertz CT molecular complexity index is 389. The standard InChI is InChI=1S/C12H14ClFN2/c1-2-3-5-9(16-15)8-10-11(13)6-4-7-12(10)14/h4,6-7,9,16H,5,8,15H2,1H3. The minimum atomic E-state index is -0.308. The number of hydrazine groups is 1. The molecule has 0 radical (unpaired) electrons. The molecule has 0 saturated carbocycles. The molecule has 0 aliphatic carbocycles. The van der Waals surface area contributed by atoms with Crippen molar-refractivity contribution in [1.82, 2.24) is 5.43 Å². The fourth-order valence-electron chi connectivity index (χ4n) is 1.39. The van der Waals surface area contributed by atoms with Crippen molar-refractivity contribution in [3.8, 4) is 11.8 Å². The van der Waals surface area contributed by atoms with Crippen molar-refractivity contribution in [1.29, 1.82) is 0 Å². The zero-order valence-electron chi connectivity index (χ0n) is 9.06. The normalized spacial score (nSPS) is 11.8. The lowest BCUT2D eigenvalue weighted by Crippen LogP contribution is -2.36. The largest absolute Gasteiger partial charge is 0.271 e. The van der Waals surface area contributed by atoms with Crippen molar-refractivity contribution < 1.29 is 4.39 Å². The highest BCUT2D eigenvalue weighted by Gasteiger charge is 2.12. The van der Waals surface area contributed by atoms with E-state index in [4.69, 9.17) is 17.4 Å². The number of halogens is 2. The van der Waals surface area contributed by atoms with Crippen LogP contribution in [0.25, 0.3) is 0 Å². The van der Waals surface area contributed by atoms with Crippen LogP contribution in [0.2, 0.25) is 5.02 Å². The van der Waals surface area contributed by atoms with E-state index in [1.165, 1.54) is 6.07 Å². The zero-order chi connectivity index (χ0) is 12.0. The van der Waals surface area contributed by atoms with Gasteiger partial charge in [0.05, 0.1) is 0 Å². The van der Waals surface area contributed by atoms with E-state index in [0.29, 0.717) is 23.4 Å². The second-order valence-corrected chi connectivity index (χ2v) is 3.81. The maximum Gasteiger partial charge on any atom is 0.127 e. The molecule has 0 heterocycles. The van der Waals surface area contributed by atoms with Crippen LogP contribution in [0.1, 0.15) is 18.9 Å². The Morgan fingerprint density at radius 1 is 1.56 bits per heavy atom. The Hall–Kier alpha value is -1.08. The Morgan fingerprint density at radius 3 is 2.88 bits per heavy atom. The maximum absolute atomic E-state index is 13.5. The fourth-order valence-corrected chi connectivity index (χ4v) is 1.63. The first-order valence-corrected chi connectivity index (χ1v) is 5.35. The van der Waals surface area contributed by atoms with E-state index >= 15 is 0 Å². The first-order chi connectivity index (χ1) is 7.69. The highest BCUT2D eigenvalue weighted by atomic mass is 35.5. The molecular formula is C12H14ClFN2. The van der Waals surface area contributed by atoms with Crippen LogP contribution < -0.4 is 11.3 Å². The quantitative estimate of drug-likeness (QED) is 0.481. The summed E-state index contributed by atoms with van der Waals surface area (Å²) in [6.45, 7) is 1.75. The van der Waals surface area contributed by atoms with Crippen molar-refractivity contribution in [3.63, 3.8) is 0 Å². The molecule has 1 aromatic rings. The number of hydrogen-bond acceptors (Lipinski definition) is 2. The summed E-state index contributed by atoms with van der Waals surface area (Å²) in [5.74, 6) is 10.7. The Kier molecular flexibility index (Phi) is 5.27. The van der Waals surface area contributed by atoms with E-state index in [-0.39, 0.29) is 11.9 Å². The van der Waals surface area contributed by atoms with Crippen molar-refractivity contribution in [2.75, 3.05) is 0 Å². The Labute approximate surface area is 99.9 Å². The van der Waals surface area contributed by atoms with Crippen molar-refractivity contribution in [2.45, 2.75) is 25.8 Å². The van der Waals surface area contributed by atoms with Crippen LogP contribution >= 0.6 is 11.6 Å². The second-order valence-electron chi connectivity index (χ2n) is 3.40. The number of benzene rings is 1. The molecule has 0 aliphatic heterocycles. The predicted octanol–water partition coefficient (Wildman–Crippen LogP) is 2.27. The SMILES string of the molecule is CC#CCC(Cc1c(F)cccc1Cl)NN. The van der Waals surface area contributed by atoms with Gasteiger partial charge in [0.15, 0.2) is 0 Å². The lowest BCUT2D eigenvalue weighted by Gasteiger charge is -2.14. The lowest BCUT2D eigenvalue weighted by atomic mass is 10.0. The van der Waals surface area contributed by atoms with Crippen LogP contribution in [0.4, 0.5) is 4.39 Å². The third-order valence-electron chi connectivity index (χ3n) is 2.27. The van der Waals surface area contributed by atoms with E-state index in [9.17, 15) is 4.39 Å². The van der Waals surface area contributed by atoms with E-state index in [1.807, 2.05) is 0 Å². The zero-order valence-corrected chi connectivity index (χ0v) is 9.81. The van der Waals surface area contributed by atoms with Crippen LogP contribution in [0.15, 0.2) is 18.2 Å². The summed E-state index contributed by atoms with van der Waals surface area (Å²) in [5.41, 5.74) is 3.09. The molecule has 1 rings (SSSR count). The van der Waals surface area contributed by atoms with Crippen LogP contribution in [-0.2, 0) is 6.42 Å². The molecule has 0 aliphatic rings. The van der Waals surface area contributed by atoms with Crippen LogP contribution in [0, 0.1) is 17.7 Å². The van der Waals surface area contributed by atoms with E-state index in [1.54, 1.807) is 19.1 Å². The second kappa shape index (κ2) is 6.49. The number of nitrogens with one attached hydrogen (secondary N) is 1. The molecule has 3 N–H and O–H groups in total. The topological polar surface area (TPSA) is 38.0 Å². The maximum atomic E-state index is 13.5. The molecular weight excluding hydrogens is 227 g/mol. The molecule has 0 aromatic heterocycles. The summed E-state index contributed by atoms with van der Waals surface area (Å²) in [5, 5.41) is 0.421. The molecule has 0 amide bonds. The smallest absolute Gasteiger partial charge is 0.127 e. The molecule has 0 bridgehead atoms. The van der Waals surface area contributed by atoms with Gasteiger partial charge in [-0.25, -0.2) is 4.39 Å². The van der Waals surface area contributed by atoms with Gasteiger partial charge in [-0.2, -0.15) is 0 Å². The van der Waals surface area contributed by atoms with Gasteiger partial charge in [0.1, 0.15) is 5.82 Å². The van der Waals surface area contributed by atoms with Gasteiger partial charge in [0.2, 0.25) is 0 Å². The molecule has 4 heteroatoms. The van der Waals surface area contributed by atoms with E-state index < -0.39 is 0 Å². The first kappa shape index (κ1) is 13.0. The highest BCUT2D eigenvalue weighted by Crippen LogP contribution is 2.20. The van der Waals surface area contributed by atoms with Crippen molar-refractivity contribution >= 4 is 11.6 Å². The molecule has 1 unspecified atom stereocenters. The highest BCUT2D eigenvalue weighted by molar-refractivity contribution is 6.31. The molecule has 1 atom stereocenters. The molecule has 16 heavy (non-hydrogen) atoms. The molecule has 0 saturated heterocycles. The third kappa shape index (κ3) is 3.49. The fraction of sp³-hybridized carbons (Fsp3) is 0.333. The lowest BCUT2D eigenvalue weighted by molar-refractivity contribution is 0.518. The monoisotopic (exact) mass is 240 g/mol. The van der Waals surface area contributed by atoms with Gasteiger partial charge in [-0.05, 0) is 25.5 Å². The molecule has 1 aromatic carbocycles. The van der Waals surface area contributed by atoms with Gasteiger partial charge in [-0.3, -0.25) is 11.3 Å². The number of hydrogen-bond donors (Lipinski definition) is 2. The summed E-state index contributed by atoms with van der Waals surface area (Å²) < 4.78 is 13.5. The van der Waals surface area contributed by atoms with Crippen molar-refractivity contribution in [2.24, 2.45) is 5.84 Å². The van der Waals surface area contributed by atoms with Gasteiger partial charge < -0.3 is 0 Å². The molecule has 0 fully saturated rings. The summed E-state index contributed by atoms with van der Waals surface area (Å²) in [6, 6.07) is 4.54. The van der Waals surface area contributed by atoms with Crippen LogP contribution in [0.3, 0.4) is 0 Å². The molecule has 0 spiro atoms. The van der Waals surface area contributed by atoms with Gasteiger partial charge in [0, 0.05) is 23.0 Å². The molecule has 86 valence electrons. The van der Waals surface area contributed by atoms with Gasteiger partial charge >= 0.3 is 0 Å². The average Bonchev–Trinajstić information content (AvgIpc) is 2.28. The third-order valence-corrected chi connectivity index (χ3v) is 2.63. The van der Waals surface area contributed by atoms with Crippen LogP contribution in [-0.4, -0.2) is 6.04 Å². The van der Waals surface area contributed by atoms with Gasteiger partial charge in [0.25, 0.3) is 0 Å². The summed E-state index contributed by atoms with van der Waals surface area (Å²) in [7, 11) is 0. The van der Waals surface area contributed by atoms with E-state index in [2.05, 4.69) is 17.3 Å². The van der Waals surface area contributed by atoms with Crippen molar-refractivity contribution in [3.05, 3.63) is 34.6 Å². The number of rotatable bonds is 4. The first-order valence-electron chi connectivity index (χ1n) is 4.97. The summed E-state index contributed by atoms with van der Waals surface area (Å²) >= 11 is 5.92.